The van der Waals surface area contributed by atoms with Crippen molar-refractivity contribution in [3.8, 4) is 0 Å². The third kappa shape index (κ3) is 2.16. The van der Waals surface area contributed by atoms with Crippen molar-refractivity contribution in [2.45, 2.75) is 13.3 Å². The maximum absolute atomic E-state index is 11.1. The van der Waals surface area contributed by atoms with Crippen molar-refractivity contribution in [2.75, 3.05) is 23.4 Å². The number of nitrogens with zero attached hydrogens (tertiary/aromatic N) is 2. The van der Waals surface area contributed by atoms with Crippen molar-refractivity contribution in [1.82, 2.24) is 0 Å². The number of nitrogens with one attached hydrogen (secondary N) is 1. The summed E-state index contributed by atoms with van der Waals surface area (Å²) in [5.41, 5.74) is 3.44. The van der Waals surface area contributed by atoms with Crippen LogP contribution in [0.25, 0.3) is 0 Å². The summed E-state index contributed by atoms with van der Waals surface area (Å²) in [6, 6.07) is 5.17. The van der Waals surface area contributed by atoms with Gasteiger partial charge in [0.1, 0.15) is 11.4 Å². The lowest BCUT2D eigenvalue weighted by atomic mass is 10.2. The van der Waals surface area contributed by atoms with Gasteiger partial charge in [0.2, 0.25) is 0 Å². The zero-order valence-corrected chi connectivity index (χ0v) is 9.72. The minimum atomic E-state index is -0.381. The zero-order chi connectivity index (χ0) is 12.4. The quantitative estimate of drug-likeness (QED) is 0.474. The maximum Gasteiger partial charge on any atom is 0.316 e. The maximum atomic E-state index is 11.1. The normalized spacial score (nSPS) is 19.4. The van der Waals surface area contributed by atoms with Gasteiger partial charge in [0.05, 0.1) is 4.92 Å². The Morgan fingerprint density at radius 3 is 2.88 bits per heavy atom. The van der Waals surface area contributed by atoms with Gasteiger partial charge in [-0.2, -0.15) is 0 Å². The van der Waals surface area contributed by atoms with Gasteiger partial charge in [-0.1, -0.05) is 13.0 Å². The molecule has 3 N–H and O–H groups in total. The summed E-state index contributed by atoms with van der Waals surface area (Å²) in [5, 5.41) is 11.1. The minimum Gasteiger partial charge on any atom is -0.366 e. The van der Waals surface area contributed by atoms with Gasteiger partial charge in [0.15, 0.2) is 0 Å². The number of para-hydroxylation sites is 1. The Morgan fingerprint density at radius 2 is 2.35 bits per heavy atom. The Morgan fingerprint density at radius 1 is 1.59 bits per heavy atom. The lowest BCUT2D eigenvalue weighted by Gasteiger charge is -2.19. The van der Waals surface area contributed by atoms with E-state index in [-0.39, 0.29) is 10.6 Å². The fourth-order valence-corrected chi connectivity index (χ4v) is 2.25. The van der Waals surface area contributed by atoms with Crippen LogP contribution in [0.1, 0.15) is 13.3 Å². The first-order chi connectivity index (χ1) is 8.13. The van der Waals surface area contributed by atoms with Crippen molar-refractivity contribution in [2.24, 2.45) is 11.8 Å². The number of nitro benzene ring substituents is 1. The highest BCUT2D eigenvalue weighted by atomic mass is 16.6. The van der Waals surface area contributed by atoms with E-state index in [4.69, 9.17) is 5.84 Å². The van der Waals surface area contributed by atoms with Crippen LogP contribution in [0.4, 0.5) is 17.1 Å². The molecule has 0 spiro atoms. The molecule has 1 atom stereocenters. The molecule has 1 aliphatic rings. The van der Waals surface area contributed by atoms with Gasteiger partial charge in [-0.3, -0.25) is 16.0 Å². The van der Waals surface area contributed by atoms with Crippen molar-refractivity contribution >= 4 is 17.1 Å². The lowest BCUT2D eigenvalue weighted by molar-refractivity contribution is -0.383. The summed E-state index contributed by atoms with van der Waals surface area (Å²) in [6.07, 6.45) is 1.07. The second kappa shape index (κ2) is 4.58. The molecule has 1 aromatic carbocycles. The predicted molar refractivity (Wildman–Crippen MR) is 66.9 cm³/mol. The van der Waals surface area contributed by atoms with Crippen LogP contribution in [-0.4, -0.2) is 18.0 Å². The van der Waals surface area contributed by atoms with E-state index in [1.54, 1.807) is 18.2 Å². The van der Waals surface area contributed by atoms with E-state index in [1.807, 2.05) is 4.90 Å². The monoisotopic (exact) mass is 236 g/mol. The van der Waals surface area contributed by atoms with Gasteiger partial charge in [-0.15, -0.1) is 0 Å². The van der Waals surface area contributed by atoms with E-state index in [2.05, 4.69) is 12.3 Å². The second-order valence-corrected chi connectivity index (χ2v) is 4.41. The average molecular weight is 236 g/mol. The molecule has 1 heterocycles. The largest absolute Gasteiger partial charge is 0.366 e. The summed E-state index contributed by atoms with van der Waals surface area (Å²) in [5.74, 6) is 5.88. The van der Waals surface area contributed by atoms with Crippen LogP contribution in [0.3, 0.4) is 0 Å². The number of hydrogen-bond donors (Lipinski definition) is 2. The van der Waals surface area contributed by atoms with Crippen molar-refractivity contribution in [3.63, 3.8) is 0 Å². The second-order valence-electron chi connectivity index (χ2n) is 4.41. The van der Waals surface area contributed by atoms with E-state index in [9.17, 15) is 10.1 Å². The SMILES string of the molecule is CC1CCN(c2cccc(NN)c2[N+](=O)[O-])C1. The van der Waals surface area contributed by atoms with E-state index < -0.39 is 0 Å². The Labute approximate surface area is 99.5 Å². The van der Waals surface area contributed by atoms with E-state index in [0.29, 0.717) is 17.3 Å². The van der Waals surface area contributed by atoms with Crippen LogP contribution in [0.2, 0.25) is 0 Å². The Bertz CT molecular complexity index is 435. The molecule has 1 aromatic rings. The average Bonchev–Trinajstić information content (AvgIpc) is 2.74. The van der Waals surface area contributed by atoms with Gasteiger partial charge < -0.3 is 10.3 Å². The summed E-state index contributed by atoms with van der Waals surface area (Å²) in [4.78, 5) is 12.8. The fourth-order valence-electron chi connectivity index (χ4n) is 2.25. The molecule has 0 bridgehead atoms. The number of hydrogen-bond acceptors (Lipinski definition) is 5. The highest BCUT2D eigenvalue weighted by molar-refractivity contribution is 5.76. The van der Waals surface area contributed by atoms with Gasteiger partial charge >= 0.3 is 5.69 Å². The molecule has 6 nitrogen and oxygen atoms in total. The molecule has 0 amide bonds. The Kier molecular flexibility index (Phi) is 3.14. The van der Waals surface area contributed by atoms with Crippen LogP contribution in [0.15, 0.2) is 18.2 Å². The molecular weight excluding hydrogens is 220 g/mol. The first-order valence-corrected chi connectivity index (χ1v) is 5.62. The highest BCUT2D eigenvalue weighted by Crippen LogP contribution is 2.37. The predicted octanol–water partition coefficient (Wildman–Crippen LogP) is 1.73. The zero-order valence-electron chi connectivity index (χ0n) is 9.72. The summed E-state index contributed by atoms with van der Waals surface area (Å²) < 4.78 is 0. The molecule has 0 saturated carbocycles. The van der Waals surface area contributed by atoms with Gasteiger partial charge in [-0.05, 0) is 24.5 Å². The summed E-state index contributed by atoms with van der Waals surface area (Å²) >= 11 is 0. The van der Waals surface area contributed by atoms with Crippen LogP contribution in [0.5, 0.6) is 0 Å². The molecule has 0 aliphatic carbocycles. The standard InChI is InChI=1S/C11H16N4O2/c1-8-5-6-14(7-8)10-4-2-3-9(13-12)11(10)15(16)17/h2-4,8,13H,5-7,12H2,1H3. The number of nitrogens with two attached hydrogens (primary N) is 1. The number of rotatable bonds is 3. The molecule has 92 valence electrons. The van der Waals surface area contributed by atoms with Crippen molar-refractivity contribution in [3.05, 3.63) is 28.3 Å². The Hall–Kier alpha value is -1.82. The molecule has 1 fully saturated rings. The number of benzene rings is 1. The van der Waals surface area contributed by atoms with Crippen LogP contribution in [0, 0.1) is 16.0 Å². The molecule has 2 rings (SSSR count). The molecule has 0 aromatic heterocycles. The number of hydrazine groups is 1. The Balaban J connectivity index is 2.42. The summed E-state index contributed by atoms with van der Waals surface area (Å²) in [7, 11) is 0. The van der Waals surface area contributed by atoms with Crippen LogP contribution in [-0.2, 0) is 0 Å². The van der Waals surface area contributed by atoms with E-state index in [1.165, 1.54) is 0 Å². The van der Waals surface area contributed by atoms with Gasteiger partial charge in [0, 0.05) is 13.1 Å². The first kappa shape index (κ1) is 11.7. The molecule has 17 heavy (non-hydrogen) atoms. The molecule has 1 saturated heterocycles. The third-order valence-electron chi connectivity index (χ3n) is 3.12. The van der Waals surface area contributed by atoms with E-state index >= 15 is 0 Å². The van der Waals surface area contributed by atoms with Crippen molar-refractivity contribution in [1.29, 1.82) is 0 Å². The van der Waals surface area contributed by atoms with Crippen LogP contribution >= 0.6 is 0 Å². The molecule has 0 radical (unpaired) electrons. The summed E-state index contributed by atoms with van der Waals surface area (Å²) in [6.45, 7) is 3.86. The van der Waals surface area contributed by atoms with E-state index in [0.717, 1.165) is 19.5 Å². The third-order valence-corrected chi connectivity index (χ3v) is 3.12. The van der Waals surface area contributed by atoms with Gasteiger partial charge in [0.25, 0.3) is 0 Å². The first-order valence-electron chi connectivity index (χ1n) is 5.62. The minimum absolute atomic E-state index is 0.0594. The molecule has 1 aliphatic heterocycles. The molecular formula is C11H16N4O2. The fraction of sp³-hybridized carbons (Fsp3) is 0.455. The topological polar surface area (TPSA) is 84.4 Å². The van der Waals surface area contributed by atoms with Crippen molar-refractivity contribution < 1.29 is 4.92 Å². The molecule has 1 unspecified atom stereocenters. The molecule has 6 heteroatoms. The van der Waals surface area contributed by atoms with Gasteiger partial charge in [-0.25, -0.2) is 0 Å². The smallest absolute Gasteiger partial charge is 0.316 e. The lowest BCUT2D eigenvalue weighted by Crippen LogP contribution is -2.21. The number of anilines is 2. The van der Waals surface area contributed by atoms with Crippen LogP contribution < -0.4 is 16.2 Å². The number of nitro groups is 1. The number of nitrogen functional groups attached to an aromatic ring is 1. The highest BCUT2D eigenvalue weighted by Gasteiger charge is 2.27.